The number of rotatable bonds is 5. The minimum atomic E-state index is -0.0904. The van der Waals surface area contributed by atoms with Crippen molar-refractivity contribution in [2.24, 2.45) is 5.84 Å². The lowest BCUT2D eigenvalue weighted by atomic mass is 10.0. The summed E-state index contributed by atoms with van der Waals surface area (Å²) in [6.07, 6.45) is 4.14. The first kappa shape index (κ1) is 13.3. The molecule has 0 saturated carbocycles. The first-order chi connectivity index (χ1) is 8.71. The summed E-state index contributed by atoms with van der Waals surface area (Å²) in [5.74, 6) is 6.46. The minimum absolute atomic E-state index is 0.0703. The van der Waals surface area contributed by atoms with Gasteiger partial charge in [0.25, 0.3) is 0 Å². The van der Waals surface area contributed by atoms with Crippen LogP contribution in [0.15, 0.2) is 6.20 Å². The van der Waals surface area contributed by atoms with Gasteiger partial charge in [0.1, 0.15) is 5.69 Å². The molecular formula is C12H22N4O2. The molecule has 2 heterocycles. The van der Waals surface area contributed by atoms with Gasteiger partial charge >= 0.3 is 0 Å². The molecule has 1 aromatic rings. The summed E-state index contributed by atoms with van der Waals surface area (Å²) in [4.78, 5) is 0. The van der Waals surface area contributed by atoms with Crippen LogP contribution in [-0.2, 0) is 11.3 Å². The lowest BCUT2D eigenvalue weighted by molar-refractivity contribution is 0.0291. The van der Waals surface area contributed by atoms with Gasteiger partial charge in [-0.05, 0) is 26.7 Å². The van der Waals surface area contributed by atoms with E-state index < -0.39 is 0 Å². The topological polar surface area (TPSA) is 74.3 Å². The third kappa shape index (κ3) is 2.36. The first-order valence-corrected chi connectivity index (χ1v) is 6.42. The van der Waals surface area contributed by atoms with Crippen LogP contribution >= 0.6 is 0 Å². The quantitative estimate of drug-likeness (QED) is 0.605. The zero-order valence-electron chi connectivity index (χ0n) is 11.2. The Kier molecular flexibility index (Phi) is 4.21. The highest BCUT2D eigenvalue weighted by molar-refractivity contribution is 5.29. The summed E-state index contributed by atoms with van der Waals surface area (Å²) in [7, 11) is 1.65. The molecule has 0 amide bonds. The zero-order valence-corrected chi connectivity index (χ0v) is 11.2. The van der Waals surface area contributed by atoms with Crippen molar-refractivity contribution in [3.63, 3.8) is 0 Å². The summed E-state index contributed by atoms with van der Waals surface area (Å²) >= 11 is 0. The summed E-state index contributed by atoms with van der Waals surface area (Å²) in [5, 5.41) is 4.31. The number of nitrogens with zero attached hydrogens (tertiary/aromatic N) is 2. The molecule has 0 spiro atoms. The molecule has 1 saturated heterocycles. The second-order valence-electron chi connectivity index (χ2n) is 4.62. The summed E-state index contributed by atoms with van der Waals surface area (Å²) < 4.78 is 13.2. The molecule has 18 heavy (non-hydrogen) atoms. The Morgan fingerprint density at radius 2 is 2.44 bits per heavy atom. The smallest absolute Gasteiger partial charge is 0.161 e. The van der Waals surface area contributed by atoms with E-state index in [2.05, 4.69) is 17.4 Å². The van der Waals surface area contributed by atoms with Gasteiger partial charge in [-0.1, -0.05) is 0 Å². The van der Waals surface area contributed by atoms with Crippen LogP contribution in [0, 0.1) is 0 Å². The number of hydrazine groups is 1. The number of aryl methyl sites for hydroxylation is 1. The highest BCUT2D eigenvalue weighted by atomic mass is 16.5. The average molecular weight is 254 g/mol. The number of ether oxygens (including phenoxy) is 2. The lowest BCUT2D eigenvalue weighted by Gasteiger charge is -2.24. The van der Waals surface area contributed by atoms with Crippen molar-refractivity contribution in [3.05, 3.63) is 11.9 Å². The van der Waals surface area contributed by atoms with E-state index >= 15 is 0 Å². The number of hydrogen-bond acceptors (Lipinski definition) is 5. The Bertz CT molecular complexity index is 372. The van der Waals surface area contributed by atoms with Crippen molar-refractivity contribution in [1.82, 2.24) is 15.2 Å². The van der Waals surface area contributed by atoms with Crippen molar-refractivity contribution < 1.29 is 9.47 Å². The van der Waals surface area contributed by atoms with Crippen LogP contribution in [0.2, 0.25) is 0 Å². The standard InChI is InChI=1S/C12H22N4O2/c1-4-16-12(10(17-3)7-14-16)11(15-13)9-6-5-8(2)18-9/h7-9,11,15H,4-6,13H2,1-3H3. The van der Waals surface area contributed by atoms with E-state index in [9.17, 15) is 0 Å². The van der Waals surface area contributed by atoms with Crippen LogP contribution in [0.4, 0.5) is 0 Å². The molecule has 1 fully saturated rings. The number of hydrogen-bond donors (Lipinski definition) is 2. The molecule has 102 valence electrons. The van der Waals surface area contributed by atoms with E-state index in [1.165, 1.54) is 0 Å². The van der Waals surface area contributed by atoms with Crippen LogP contribution in [0.25, 0.3) is 0 Å². The lowest BCUT2D eigenvalue weighted by Crippen LogP contribution is -2.38. The van der Waals surface area contributed by atoms with E-state index in [1.807, 2.05) is 11.6 Å². The second-order valence-corrected chi connectivity index (χ2v) is 4.62. The molecule has 3 atom stereocenters. The van der Waals surface area contributed by atoms with Crippen LogP contribution in [0.3, 0.4) is 0 Å². The largest absolute Gasteiger partial charge is 0.493 e. The van der Waals surface area contributed by atoms with Gasteiger partial charge in [0.2, 0.25) is 0 Å². The Morgan fingerprint density at radius 1 is 1.67 bits per heavy atom. The Morgan fingerprint density at radius 3 is 2.94 bits per heavy atom. The van der Waals surface area contributed by atoms with Crippen molar-refractivity contribution >= 4 is 0 Å². The summed E-state index contributed by atoms with van der Waals surface area (Å²) in [5.41, 5.74) is 3.81. The third-order valence-corrected chi connectivity index (χ3v) is 3.48. The molecule has 6 heteroatoms. The molecule has 0 bridgehead atoms. The van der Waals surface area contributed by atoms with Crippen molar-refractivity contribution in [2.75, 3.05) is 7.11 Å². The second kappa shape index (κ2) is 5.69. The molecule has 0 aromatic carbocycles. The monoisotopic (exact) mass is 254 g/mol. The first-order valence-electron chi connectivity index (χ1n) is 6.42. The molecule has 6 nitrogen and oxygen atoms in total. The Labute approximate surface area is 107 Å². The average Bonchev–Trinajstić information content (AvgIpc) is 2.97. The van der Waals surface area contributed by atoms with Crippen LogP contribution in [0.1, 0.15) is 38.4 Å². The summed E-state index contributed by atoms with van der Waals surface area (Å²) in [6.45, 7) is 4.91. The zero-order chi connectivity index (χ0) is 13.1. The fourth-order valence-electron chi connectivity index (χ4n) is 2.54. The van der Waals surface area contributed by atoms with Gasteiger partial charge in [0.05, 0.1) is 31.6 Å². The predicted octanol–water partition coefficient (Wildman–Crippen LogP) is 0.983. The van der Waals surface area contributed by atoms with Gasteiger partial charge in [0.15, 0.2) is 5.75 Å². The van der Waals surface area contributed by atoms with Crippen molar-refractivity contribution in [2.45, 2.75) is 51.5 Å². The van der Waals surface area contributed by atoms with Gasteiger partial charge in [-0.2, -0.15) is 5.10 Å². The minimum Gasteiger partial charge on any atom is -0.493 e. The Balaban J connectivity index is 2.28. The molecule has 1 aromatic heterocycles. The molecule has 2 rings (SSSR count). The van der Waals surface area contributed by atoms with Crippen molar-refractivity contribution in [3.8, 4) is 5.75 Å². The molecule has 3 unspecified atom stereocenters. The fraction of sp³-hybridized carbons (Fsp3) is 0.750. The van der Waals surface area contributed by atoms with Crippen LogP contribution in [-0.4, -0.2) is 29.1 Å². The molecular weight excluding hydrogens is 232 g/mol. The maximum atomic E-state index is 5.90. The number of nitrogens with one attached hydrogen (secondary N) is 1. The van der Waals surface area contributed by atoms with Gasteiger partial charge in [-0.15, -0.1) is 0 Å². The number of aromatic nitrogens is 2. The van der Waals surface area contributed by atoms with E-state index in [-0.39, 0.29) is 18.2 Å². The maximum absolute atomic E-state index is 5.90. The molecule has 1 aliphatic heterocycles. The van der Waals surface area contributed by atoms with Crippen LogP contribution < -0.4 is 16.0 Å². The number of methoxy groups -OCH3 is 1. The van der Waals surface area contributed by atoms with Crippen molar-refractivity contribution in [1.29, 1.82) is 0 Å². The van der Waals surface area contributed by atoms with Gasteiger partial charge in [-0.3, -0.25) is 10.5 Å². The van der Waals surface area contributed by atoms with Gasteiger partial charge in [-0.25, -0.2) is 5.43 Å². The SMILES string of the molecule is CCn1ncc(OC)c1C(NN)C1CCC(C)O1. The molecule has 1 aliphatic rings. The normalized spacial score (nSPS) is 25.3. The Hall–Kier alpha value is -1.11. The highest BCUT2D eigenvalue weighted by Crippen LogP contribution is 2.33. The maximum Gasteiger partial charge on any atom is 0.161 e. The predicted molar refractivity (Wildman–Crippen MR) is 68.1 cm³/mol. The molecule has 0 radical (unpaired) electrons. The van der Waals surface area contributed by atoms with Gasteiger partial charge < -0.3 is 9.47 Å². The number of nitrogens with two attached hydrogens (primary N) is 1. The van der Waals surface area contributed by atoms with Crippen LogP contribution in [0.5, 0.6) is 5.75 Å². The highest BCUT2D eigenvalue weighted by Gasteiger charge is 2.34. The van der Waals surface area contributed by atoms with E-state index in [1.54, 1.807) is 13.3 Å². The summed E-state index contributed by atoms with van der Waals surface area (Å²) in [6, 6.07) is -0.0904. The molecule has 3 N–H and O–H groups in total. The van der Waals surface area contributed by atoms with E-state index in [0.29, 0.717) is 0 Å². The molecule has 0 aliphatic carbocycles. The fourth-order valence-corrected chi connectivity index (χ4v) is 2.54. The van der Waals surface area contributed by atoms with E-state index in [0.717, 1.165) is 30.8 Å². The van der Waals surface area contributed by atoms with Gasteiger partial charge in [0, 0.05) is 6.54 Å². The van der Waals surface area contributed by atoms with E-state index in [4.69, 9.17) is 15.3 Å². The third-order valence-electron chi connectivity index (χ3n) is 3.48.